The lowest BCUT2D eigenvalue weighted by Gasteiger charge is -2.23. The Labute approximate surface area is 189 Å². The molecule has 1 fully saturated rings. The lowest BCUT2D eigenvalue weighted by atomic mass is 10.1. The largest absolute Gasteiger partial charge is 0.489 e. The molecule has 3 N–H and O–H groups in total. The van der Waals surface area contributed by atoms with E-state index in [4.69, 9.17) is 9.72 Å². The summed E-state index contributed by atoms with van der Waals surface area (Å²) in [6.45, 7) is 1.97. The first-order valence-corrected chi connectivity index (χ1v) is 11.0. The van der Waals surface area contributed by atoms with E-state index in [0.29, 0.717) is 11.5 Å². The Morgan fingerprint density at radius 2 is 1.79 bits per heavy atom. The second kappa shape index (κ2) is 8.44. The normalized spacial score (nSPS) is 14.5. The monoisotopic (exact) mass is 438 g/mol. The third-order valence-electron chi connectivity index (χ3n) is 5.79. The van der Waals surface area contributed by atoms with Gasteiger partial charge in [-0.15, -0.1) is 0 Å². The standard InChI is InChI=1S/C24H22N8O/c1-6-25-7-2-15(1)22-23-19(5-10-28-22)29-24(30-23)21-12-20(31-32-21)16-11-18(14-27-13-16)33-17-3-8-26-9-4-17/h1-2,5-7,10-14,17,26H,3-4,8-9H2,(H,29,30)(H,31,32). The van der Waals surface area contributed by atoms with Crippen LogP contribution in [-0.2, 0) is 0 Å². The van der Waals surface area contributed by atoms with Crippen LogP contribution in [0.2, 0.25) is 0 Å². The number of aromatic amines is 2. The number of rotatable bonds is 5. The van der Waals surface area contributed by atoms with Gasteiger partial charge in [-0.05, 0) is 56.3 Å². The number of nitrogens with one attached hydrogen (secondary N) is 3. The molecule has 1 aliphatic heterocycles. The summed E-state index contributed by atoms with van der Waals surface area (Å²) in [6.07, 6.45) is 11.1. The van der Waals surface area contributed by atoms with Crippen LogP contribution in [0.3, 0.4) is 0 Å². The van der Waals surface area contributed by atoms with Gasteiger partial charge in [0.15, 0.2) is 5.82 Å². The number of piperidine rings is 1. The summed E-state index contributed by atoms with van der Waals surface area (Å²) in [5.74, 6) is 1.44. The topological polar surface area (TPSA) is 117 Å². The van der Waals surface area contributed by atoms with Crippen LogP contribution in [-0.4, -0.2) is 54.3 Å². The molecule has 0 spiro atoms. The molecule has 0 saturated carbocycles. The number of pyridine rings is 3. The first-order valence-electron chi connectivity index (χ1n) is 11.0. The van der Waals surface area contributed by atoms with Gasteiger partial charge in [0.25, 0.3) is 0 Å². The van der Waals surface area contributed by atoms with Crippen molar-refractivity contribution < 1.29 is 4.74 Å². The molecule has 6 rings (SSSR count). The Morgan fingerprint density at radius 3 is 2.67 bits per heavy atom. The Kier molecular flexibility index (Phi) is 5.00. The van der Waals surface area contributed by atoms with Crippen LogP contribution in [0.4, 0.5) is 0 Å². The minimum Gasteiger partial charge on any atom is -0.489 e. The summed E-state index contributed by atoms with van der Waals surface area (Å²) in [7, 11) is 0. The van der Waals surface area contributed by atoms with Gasteiger partial charge in [-0.25, -0.2) is 4.98 Å². The third-order valence-corrected chi connectivity index (χ3v) is 5.79. The molecule has 9 heteroatoms. The average Bonchev–Trinajstić information content (AvgIpc) is 3.53. The van der Waals surface area contributed by atoms with E-state index in [2.05, 4.69) is 35.5 Å². The molecule has 1 saturated heterocycles. The summed E-state index contributed by atoms with van der Waals surface area (Å²) in [5, 5.41) is 10.9. The summed E-state index contributed by atoms with van der Waals surface area (Å²) in [4.78, 5) is 21.1. The number of aromatic nitrogens is 7. The van der Waals surface area contributed by atoms with E-state index in [1.807, 2.05) is 30.3 Å². The second-order valence-corrected chi connectivity index (χ2v) is 8.02. The first-order chi connectivity index (χ1) is 16.3. The van der Waals surface area contributed by atoms with Crippen LogP contribution in [0.25, 0.3) is 45.1 Å². The van der Waals surface area contributed by atoms with Crippen molar-refractivity contribution in [1.82, 2.24) is 40.4 Å². The van der Waals surface area contributed by atoms with Gasteiger partial charge in [0, 0.05) is 35.9 Å². The zero-order valence-corrected chi connectivity index (χ0v) is 17.8. The van der Waals surface area contributed by atoms with Gasteiger partial charge in [-0.3, -0.25) is 20.1 Å². The van der Waals surface area contributed by atoms with E-state index in [1.54, 1.807) is 31.0 Å². The van der Waals surface area contributed by atoms with Crippen LogP contribution in [0.15, 0.2) is 61.3 Å². The van der Waals surface area contributed by atoms with Crippen molar-refractivity contribution in [2.45, 2.75) is 18.9 Å². The number of nitrogens with zero attached hydrogens (tertiary/aromatic N) is 5. The maximum Gasteiger partial charge on any atom is 0.159 e. The smallest absolute Gasteiger partial charge is 0.159 e. The number of H-pyrrole nitrogens is 2. The van der Waals surface area contributed by atoms with Crippen molar-refractivity contribution in [1.29, 1.82) is 0 Å². The quantitative estimate of drug-likeness (QED) is 0.384. The molecule has 0 amide bonds. The summed E-state index contributed by atoms with van der Waals surface area (Å²) >= 11 is 0. The fraction of sp³-hybridized carbons (Fsp3) is 0.208. The number of ether oxygens (including phenoxy) is 1. The molecule has 0 aliphatic carbocycles. The van der Waals surface area contributed by atoms with Gasteiger partial charge in [-0.2, -0.15) is 5.10 Å². The Balaban J connectivity index is 1.29. The maximum absolute atomic E-state index is 6.14. The van der Waals surface area contributed by atoms with Gasteiger partial charge in [0.05, 0.1) is 23.1 Å². The number of fused-ring (bicyclic) bond motifs is 1. The Morgan fingerprint density at radius 1 is 0.909 bits per heavy atom. The maximum atomic E-state index is 6.14. The highest BCUT2D eigenvalue weighted by Gasteiger charge is 2.17. The molecule has 0 radical (unpaired) electrons. The van der Waals surface area contributed by atoms with Crippen molar-refractivity contribution >= 4 is 11.0 Å². The van der Waals surface area contributed by atoms with Crippen LogP contribution in [0.1, 0.15) is 12.8 Å². The summed E-state index contributed by atoms with van der Waals surface area (Å²) in [5.41, 5.74) is 5.94. The predicted molar refractivity (Wildman–Crippen MR) is 124 cm³/mol. The van der Waals surface area contributed by atoms with Gasteiger partial charge in [-0.1, -0.05) is 0 Å². The number of hydrogen-bond acceptors (Lipinski definition) is 7. The Bertz CT molecular complexity index is 1390. The Hall–Kier alpha value is -4.11. The molecule has 0 bridgehead atoms. The molecule has 1 aliphatic rings. The minimum absolute atomic E-state index is 0.222. The molecular weight excluding hydrogens is 416 g/mol. The highest BCUT2D eigenvalue weighted by atomic mass is 16.5. The lowest BCUT2D eigenvalue weighted by molar-refractivity contribution is 0.162. The second-order valence-electron chi connectivity index (χ2n) is 8.02. The van der Waals surface area contributed by atoms with E-state index < -0.39 is 0 Å². The molecule has 0 aromatic carbocycles. The molecular formula is C24H22N8O. The van der Waals surface area contributed by atoms with Gasteiger partial charge in [0.1, 0.15) is 23.1 Å². The van der Waals surface area contributed by atoms with Crippen molar-refractivity contribution in [3.63, 3.8) is 0 Å². The fourth-order valence-corrected chi connectivity index (χ4v) is 4.10. The molecule has 33 heavy (non-hydrogen) atoms. The first kappa shape index (κ1) is 19.6. The molecule has 6 heterocycles. The van der Waals surface area contributed by atoms with E-state index in [-0.39, 0.29) is 6.10 Å². The SMILES string of the molecule is c1cc(-c2nccc3[nH]c(-c4cc(-c5cncc(OC6CCNCC6)c5)[nH]n4)nc23)ccn1. The predicted octanol–water partition coefficient (Wildman–Crippen LogP) is 3.60. The zero-order chi connectivity index (χ0) is 22.0. The van der Waals surface area contributed by atoms with Crippen molar-refractivity contribution in [3.05, 3.63) is 61.3 Å². The molecule has 5 aromatic rings. The van der Waals surface area contributed by atoms with Gasteiger partial charge < -0.3 is 15.0 Å². The van der Waals surface area contributed by atoms with Crippen LogP contribution < -0.4 is 10.1 Å². The molecule has 164 valence electrons. The lowest BCUT2D eigenvalue weighted by Crippen LogP contribution is -2.34. The van der Waals surface area contributed by atoms with Crippen LogP contribution >= 0.6 is 0 Å². The van der Waals surface area contributed by atoms with Gasteiger partial charge in [0.2, 0.25) is 0 Å². The highest BCUT2D eigenvalue weighted by molar-refractivity contribution is 5.91. The van der Waals surface area contributed by atoms with E-state index in [9.17, 15) is 0 Å². The van der Waals surface area contributed by atoms with Crippen LogP contribution in [0.5, 0.6) is 5.75 Å². The number of hydrogen-bond donors (Lipinski definition) is 3. The fourth-order valence-electron chi connectivity index (χ4n) is 4.10. The summed E-state index contributed by atoms with van der Waals surface area (Å²) < 4.78 is 6.14. The average molecular weight is 438 g/mol. The number of imidazole rings is 1. The van der Waals surface area contributed by atoms with Crippen molar-refractivity contribution in [2.24, 2.45) is 0 Å². The molecule has 0 unspecified atom stereocenters. The minimum atomic E-state index is 0.222. The van der Waals surface area contributed by atoms with E-state index in [0.717, 1.165) is 65.2 Å². The van der Waals surface area contributed by atoms with Crippen LogP contribution in [0, 0.1) is 0 Å². The van der Waals surface area contributed by atoms with E-state index >= 15 is 0 Å². The highest BCUT2D eigenvalue weighted by Crippen LogP contribution is 2.29. The van der Waals surface area contributed by atoms with E-state index in [1.165, 1.54) is 0 Å². The molecule has 9 nitrogen and oxygen atoms in total. The third kappa shape index (κ3) is 3.94. The molecule has 5 aromatic heterocycles. The van der Waals surface area contributed by atoms with Gasteiger partial charge >= 0.3 is 0 Å². The molecule has 0 atom stereocenters. The van der Waals surface area contributed by atoms with Crippen molar-refractivity contribution in [2.75, 3.05) is 13.1 Å². The van der Waals surface area contributed by atoms with Crippen molar-refractivity contribution in [3.8, 4) is 39.8 Å². The zero-order valence-electron chi connectivity index (χ0n) is 17.8. The summed E-state index contributed by atoms with van der Waals surface area (Å²) in [6, 6.07) is 9.72.